The third-order valence-corrected chi connectivity index (χ3v) is 1.99. The number of benzene rings is 1. The minimum absolute atomic E-state index is 0.211. The molecule has 0 bridgehead atoms. The standard InChI is InChI=1S/C11H9NO3/c13-7-9-6-11(15-12-9)5-8-2-1-3-10(14)4-8/h1-4,6-7,14H,5H2. The van der Waals surface area contributed by atoms with Crippen LogP contribution in [0.1, 0.15) is 21.8 Å². The van der Waals surface area contributed by atoms with Crippen molar-refractivity contribution in [3.8, 4) is 5.75 Å². The average Bonchev–Trinajstić information content (AvgIpc) is 2.65. The topological polar surface area (TPSA) is 63.3 Å². The highest BCUT2D eigenvalue weighted by atomic mass is 16.5. The van der Waals surface area contributed by atoms with Gasteiger partial charge in [0.25, 0.3) is 0 Å². The molecule has 15 heavy (non-hydrogen) atoms. The van der Waals surface area contributed by atoms with Gasteiger partial charge in [0.05, 0.1) is 0 Å². The van der Waals surface area contributed by atoms with Crippen molar-refractivity contribution in [1.29, 1.82) is 0 Å². The molecule has 0 fully saturated rings. The number of aldehydes is 1. The van der Waals surface area contributed by atoms with Gasteiger partial charge in [-0.25, -0.2) is 0 Å². The molecule has 0 saturated carbocycles. The molecule has 0 unspecified atom stereocenters. The molecule has 76 valence electrons. The highest BCUT2D eigenvalue weighted by molar-refractivity contribution is 5.71. The normalized spacial score (nSPS) is 10.1. The molecule has 1 N–H and O–H groups in total. The van der Waals surface area contributed by atoms with E-state index >= 15 is 0 Å². The number of rotatable bonds is 3. The van der Waals surface area contributed by atoms with Crippen LogP contribution < -0.4 is 0 Å². The fraction of sp³-hybridized carbons (Fsp3) is 0.0909. The smallest absolute Gasteiger partial charge is 0.171 e. The highest BCUT2D eigenvalue weighted by Gasteiger charge is 2.04. The second-order valence-electron chi connectivity index (χ2n) is 3.18. The summed E-state index contributed by atoms with van der Waals surface area (Å²) in [5.74, 6) is 0.810. The zero-order valence-electron chi connectivity index (χ0n) is 7.88. The van der Waals surface area contributed by atoms with Crippen molar-refractivity contribution >= 4 is 6.29 Å². The number of aromatic hydroxyl groups is 1. The summed E-state index contributed by atoms with van der Waals surface area (Å²) in [4.78, 5) is 10.4. The Bertz CT molecular complexity index is 476. The Balaban J connectivity index is 2.18. The zero-order chi connectivity index (χ0) is 10.7. The lowest BCUT2D eigenvalue weighted by atomic mass is 10.1. The van der Waals surface area contributed by atoms with Gasteiger partial charge in [-0.2, -0.15) is 0 Å². The predicted molar refractivity (Wildman–Crippen MR) is 52.8 cm³/mol. The molecule has 1 aromatic heterocycles. The molecule has 0 atom stereocenters. The molecule has 0 radical (unpaired) electrons. The molecule has 0 saturated heterocycles. The van der Waals surface area contributed by atoms with E-state index in [2.05, 4.69) is 5.16 Å². The summed E-state index contributed by atoms with van der Waals surface area (Å²) in [6.45, 7) is 0. The maximum Gasteiger partial charge on any atom is 0.171 e. The third-order valence-electron chi connectivity index (χ3n) is 1.99. The first-order valence-electron chi connectivity index (χ1n) is 4.46. The van der Waals surface area contributed by atoms with E-state index < -0.39 is 0 Å². The second kappa shape index (κ2) is 3.96. The highest BCUT2D eigenvalue weighted by Crippen LogP contribution is 2.15. The van der Waals surface area contributed by atoms with E-state index in [4.69, 9.17) is 4.52 Å². The predicted octanol–water partition coefficient (Wildman–Crippen LogP) is 1.78. The van der Waals surface area contributed by atoms with Crippen LogP contribution in [0.3, 0.4) is 0 Å². The molecule has 4 nitrogen and oxygen atoms in total. The van der Waals surface area contributed by atoms with Crippen LogP contribution in [0.2, 0.25) is 0 Å². The van der Waals surface area contributed by atoms with Gasteiger partial charge in [0.15, 0.2) is 6.29 Å². The second-order valence-corrected chi connectivity index (χ2v) is 3.18. The number of phenolic OH excluding ortho intramolecular Hbond substituents is 1. The summed E-state index contributed by atoms with van der Waals surface area (Å²) in [5.41, 5.74) is 1.19. The van der Waals surface area contributed by atoms with Gasteiger partial charge in [0.1, 0.15) is 17.2 Å². The van der Waals surface area contributed by atoms with Crippen molar-refractivity contribution < 1.29 is 14.4 Å². The number of carbonyl (C=O) groups is 1. The van der Waals surface area contributed by atoms with E-state index in [1.807, 2.05) is 6.07 Å². The van der Waals surface area contributed by atoms with Crippen molar-refractivity contribution in [3.05, 3.63) is 47.3 Å². The summed E-state index contributed by atoms with van der Waals surface area (Å²) in [7, 11) is 0. The Labute approximate surface area is 86.1 Å². The summed E-state index contributed by atoms with van der Waals surface area (Å²) < 4.78 is 4.94. The van der Waals surface area contributed by atoms with Gasteiger partial charge in [0.2, 0.25) is 0 Å². The molecular weight excluding hydrogens is 194 g/mol. The number of aromatic nitrogens is 1. The minimum atomic E-state index is 0.211. The fourth-order valence-electron chi connectivity index (χ4n) is 1.34. The summed E-state index contributed by atoms with van der Waals surface area (Å²) in [5, 5.41) is 12.8. The number of hydrogen-bond acceptors (Lipinski definition) is 4. The summed E-state index contributed by atoms with van der Waals surface area (Å²) in [6, 6.07) is 8.44. The van der Waals surface area contributed by atoms with Crippen LogP contribution in [0.25, 0.3) is 0 Å². The van der Waals surface area contributed by atoms with Crippen molar-refractivity contribution in [1.82, 2.24) is 5.16 Å². The van der Waals surface area contributed by atoms with E-state index in [9.17, 15) is 9.90 Å². The Morgan fingerprint density at radius 3 is 2.93 bits per heavy atom. The maximum absolute atomic E-state index is 10.4. The molecule has 0 aliphatic carbocycles. The largest absolute Gasteiger partial charge is 0.508 e. The van der Waals surface area contributed by atoms with Crippen LogP contribution in [0, 0.1) is 0 Å². The Kier molecular flexibility index (Phi) is 2.49. The first-order valence-corrected chi connectivity index (χ1v) is 4.46. The third kappa shape index (κ3) is 2.22. The van der Waals surface area contributed by atoms with Crippen LogP contribution in [0.15, 0.2) is 34.9 Å². The molecule has 1 aromatic carbocycles. The summed E-state index contributed by atoms with van der Waals surface area (Å²) >= 11 is 0. The lowest BCUT2D eigenvalue weighted by Crippen LogP contribution is -1.84. The molecule has 2 aromatic rings. The van der Waals surface area contributed by atoms with Gasteiger partial charge in [0, 0.05) is 12.5 Å². The molecule has 2 rings (SSSR count). The van der Waals surface area contributed by atoms with Gasteiger partial charge >= 0.3 is 0 Å². The number of hydrogen-bond donors (Lipinski definition) is 1. The molecule has 1 heterocycles. The Morgan fingerprint density at radius 2 is 2.27 bits per heavy atom. The van der Waals surface area contributed by atoms with Crippen molar-refractivity contribution in [2.24, 2.45) is 0 Å². The monoisotopic (exact) mass is 203 g/mol. The van der Waals surface area contributed by atoms with Crippen LogP contribution in [-0.4, -0.2) is 16.5 Å². The van der Waals surface area contributed by atoms with Gasteiger partial charge in [-0.05, 0) is 17.7 Å². The van der Waals surface area contributed by atoms with Crippen LogP contribution >= 0.6 is 0 Å². The molecular formula is C11H9NO3. The number of phenols is 1. The molecule has 0 spiro atoms. The van der Waals surface area contributed by atoms with E-state index in [1.54, 1.807) is 24.3 Å². The molecule has 4 heteroatoms. The lowest BCUT2D eigenvalue weighted by molar-refractivity contribution is 0.111. The fourth-order valence-corrected chi connectivity index (χ4v) is 1.34. The van der Waals surface area contributed by atoms with Crippen LogP contribution in [-0.2, 0) is 6.42 Å². The first-order chi connectivity index (χ1) is 7.28. The lowest BCUT2D eigenvalue weighted by Gasteiger charge is -1.97. The van der Waals surface area contributed by atoms with Gasteiger partial charge in [-0.3, -0.25) is 4.79 Å². The minimum Gasteiger partial charge on any atom is -0.508 e. The number of nitrogens with zero attached hydrogens (tertiary/aromatic N) is 1. The Morgan fingerprint density at radius 1 is 1.40 bits per heavy atom. The summed E-state index contributed by atoms with van der Waals surface area (Å²) in [6.07, 6.45) is 1.14. The van der Waals surface area contributed by atoms with Crippen LogP contribution in [0.4, 0.5) is 0 Å². The van der Waals surface area contributed by atoms with Crippen molar-refractivity contribution in [2.45, 2.75) is 6.42 Å². The molecule has 0 aliphatic heterocycles. The van der Waals surface area contributed by atoms with Crippen molar-refractivity contribution in [2.75, 3.05) is 0 Å². The van der Waals surface area contributed by atoms with Gasteiger partial charge in [-0.1, -0.05) is 17.3 Å². The Hall–Kier alpha value is -2.10. The van der Waals surface area contributed by atoms with Crippen molar-refractivity contribution in [3.63, 3.8) is 0 Å². The van der Waals surface area contributed by atoms with E-state index in [1.165, 1.54) is 0 Å². The SMILES string of the molecule is O=Cc1cc(Cc2cccc(O)c2)on1. The van der Waals surface area contributed by atoms with E-state index in [0.29, 0.717) is 18.5 Å². The van der Waals surface area contributed by atoms with Crippen LogP contribution in [0.5, 0.6) is 5.75 Å². The quantitative estimate of drug-likeness (QED) is 0.772. The first kappa shape index (κ1) is 9.45. The maximum atomic E-state index is 10.4. The molecule has 0 aliphatic rings. The number of carbonyl (C=O) groups excluding carboxylic acids is 1. The zero-order valence-corrected chi connectivity index (χ0v) is 7.88. The van der Waals surface area contributed by atoms with E-state index in [-0.39, 0.29) is 11.4 Å². The van der Waals surface area contributed by atoms with E-state index in [0.717, 1.165) is 5.56 Å². The molecule has 0 amide bonds. The van der Waals surface area contributed by atoms with Gasteiger partial charge in [-0.15, -0.1) is 0 Å². The average molecular weight is 203 g/mol. The van der Waals surface area contributed by atoms with Gasteiger partial charge < -0.3 is 9.63 Å².